The van der Waals surface area contributed by atoms with Gasteiger partial charge < -0.3 is 10.6 Å². The Labute approximate surface area is 171 Å². The van der Waals surface area contributed by atoms with Crippen LogP contribution in [0.4, 0.5) is 11.5 Å². The van der Waals surface area contributed by atoms with Crippen molar-refractivity contribution in [2.45, 2.75) is 45.1 Å². The quantitative estimate of drug-likeness (QED) is 0.612. The highest BCUT2D eigenvalue weighted by Crippen LogP contribution is 2.24. The summed E-state index contributed by atoms with van der Waals surface area (Å²) in [6.45, 7) is 1.98. The Hall–Kier alpha value is -3.21. The molecule has 0 radical (unpaired) electrons. The van der Waals surface area contributed by atoms with Gasteiger partial charge in [0.15, 0.2) is 0 Å². The number of hydrogen-bond acceptors (Lipinski definition) is 4. The number of para-hydroxylation sites is 1. The third kappa shape index (κ3) is 4.80. The number of hydrogen-bond donors (Lipinski definition) is 2. The van der Waals surface area contributed by atoms with Crippen LogP contribution in [0.3, 0.4) is 0 Å². The number of amides is 1. The van der Waals surface area contributed by atoms with E-state index in [1.54, 1.807) is 6.33 Å². The lowest BCUT2D eigenvalue weighted by Crippen LogP contribution is -2.22. The average molecular weight is 386 g/mol. The highest BCUT2D eigenvalue weighted by atomic mass is 16.1. The van der Waals surface area contributed by atoms with E-state index in [2.05, 4.69) is 20.6 Å². The van der Waals surface area contributed by atoms with Crippen LogP contribution in [0.25, 0.3) is 11.3 Å². The fourth-order valence-corrected chi connectivity index (χ4v) is 3.78. The van der Waals surface area contributed by atoms with Gasteiger partial charge >= 0.3 is 0 Å². The molecule has 1 fully saturated rings. The average Bonchev–Trinajstić information content (AvgIpc) is 2.76. The summed E-state index contributed by atoms with van der Waals surface area (Å²) in [6.07, 6.45) is 7.83. The van der Waals surface area contributed by atoms with Crippen molar-refractivity contribution < 1.29 is 4.79 Å². The highest BCUT2D eigenvalue weighted by Gasteiger charge is 2.14. The minimum atomic E-state index is -0.129. The van der Waals surface area contributed by atoms with E-state index in [0.29, 0.717) is 11.6 Å². The standard InChI is InChI=1S/C24H26N4O/c1-17-8-5-6-13-21(17)28-24(29)19-10-7-9-18(14-19)22-15-23(26-16-25-22)27-20-11-3-2-4-12-20/h5-10,13-16,20H,2-4,11-12H2,1H3,(H,28,29)(H,25,26,27). The Morgan fingerprint density at radius 2 is 1.79 bits per heavy atom. The van der Waals surface area contributed by atoms with Gasteiger partial charge in [-0.3, -0.25) is 4.79 Å². The molecule has 1 aliphatic rings. The largest absolute Gasteiger partial charge is 0.367 e. The SMILES string of the molecule is Cc1ccccc1NC(=O)c1cccc(-c2cc(NC3CCCCC3)ncn2)c1. The molecule has 1 heterocycles. The van der Waals surface area contributed by atoms with Gasteiger partial charge in [0.1, 0.15) is 12.1 Å². The highest BCUT2D eigenvalue weighted by molar-refractivity contribution is 6.05. The summed E-state index contributed by atoms with van der Waals surface area (Å²) in [6, 6.07) is 17.8. The van der Waals surface area contributed by atoms with Crippen LogP contribution in [0.2, 0.25) is 0 Å². The summed E-state index contributed by atoms with van der Waals surface area (Å²) in [5, 5.41) is 6.52. The maximum Gasteiger partial charge on any atom is 0.255 e. The first-order valence-corrected chi connectivity index (χ1v) is 10.2. The third-order valence-electron chi connectivity index (χ3n) is 5.44. The summed E-state index contributed by atoms with van der Waals surface area (Å²) >= 11 is 0. The molecule has 1 aromatic heterocycles. The molecule has 0 bridgehead atoms. The first-order valence-electron chi connectivity index (χ1n) is 10.2. The zero-order chi connectivity index (χ0) is 20.1. The molecule has 1 amide bonds. The summed E-state index contributed by atoms with van der Waals surface area (Å²) in [5.41, 5.74) is 4.17. The van der Waals surface area contributed by atoms with E-state index < -0.39 is 0 Å². The molecule has 0 unspecified atom stereocenters. The van der Waals surface area contributed by atoms with Crippen LogP contribution in [0.1, 0.15) is 48.0 Å². The maximum atomic E-state index is 12.7. The number of anilines is 2. The first-order chi connectivity index (χ1) is 14.2. The zero-order valence-electron chi connectivity index (χ0n) is 16.7. The monoisotopic (exact) mass is 386 g/mol. The molecule has 5 nitrogen and oxygen atoms in total. The summed E-state index contributed by atoms with van der Waals surface area (Å²) in [4.78, 5) is 21.5. The van der Waals surface area contributed by atoms with Crippen molar-refractivity contribution in [3.8, 4) is 11.3 Å². The Kier molecular flexibility index (Phi) is 5.84. The number of aromatic nitrogens is 2. The van der Waals surface area contributed by atoms with Gasteiger partial charge in [0.05, 0.1) is 5.69 Å². The molecular weight excluding hydrogens is 360 g/mol. The molecule has 1 aliphatic carbocycles. The van der Waals surface area contributed by atoms with E-state index in [-0.39, 0.29) is 5.91 Å². The van der Waals surface area contributed by atoms with Crippen molar-refractivity contribution in [1.29, 1.82) is 0 Å². The number of rotatable bonds is 5. The summed E-state index contributed by atoms with van der Waals surface area (Å²) in [7, 11) is 0. The predicted octanol–water partition coefficient (Wildman–Crippen LogP) is 5.45. The van der Waals surface area contributed by atoms with Crippen molar-refractivity contribution >= 4 is 17.4 Å². The van der Waals surface area contributed by atoms with Crippen molar-refractivity contribution in [1.82, 2.24) is 9.97 Å². The lowest BCUT2D eigenvalue weighted by atomic mass is 9.95. The number of aryl methyl sites for hydroxylation is 1. The van der Waals surface area contributed by atoms with E-state index in [1.807, 2.05) is 61.5 Å². The van der Waals surface area contributed by atoms with Crippen LogP contribution < -0.4 is 10.6 Å². The number of carbonyl (C=O) groups excluding carboxylic acids is 1. The van der Waals surface area contributed by atoms with Gasteiger partial charge in [-0.15, -0.1) is 0 Å². The van der Waals surface area contributed by atoms with Crippen LogP contribution in [0, 0.1) is 6.92 Å². The van der Waals surface area contributed by atoms with E-state index in [1.165, 1.54) is 32.1 Å². The molecule has 1 saturated carbocycles. The van der Waals surface area contributed by atoms with Crippen LogP contribution >= 0.6 is 0 Å². The van der Waals surface area contributed by atoms with Gasteiger partial charge in [0.25, 0.3) is 5.91 Å². The molecule has 3 aromatic rings. The molecule has 29 heavy (non-hydrogen) atoms. The van der Waals surface area contributed by atoms with Gasteiger partial charge in [0, 0.05) is 28.9 Å². The topological polar surface area (TPSA) is 66.9 Å². The second-order valence-electron chi connectivity index (χ2n) is 7.62. The normalized spacial score (nSPS) is 14.4. The smallest absolute Gasteiger partial charge is 0.255 e. The molecule has 0 saturated heterocycles. The third-order valence-corrected chi connectivity index (χ3v) is 5.44. The van der Waals surface area contributed by atoms with Gasteiger partial charge in [-0.25, -0.2) is 9.97 Å². The van der Waals surface area contributed by atoms with Crippen molar-refractivity contribution in [3.63, 3.8) is 0 Å². The predicted molar refractivity (Wildman–Crippen MR) is 117 cm³/mol. The molecule has 0 atom stereocenters. The molecule has 4 rings (SSSR count). The first kappa shape index (κ1) is 19.1. The Morgan fingerprint density at radius 1 is 0.966 bits per heavy atom. The van der Waals surface area contributed by atoms with Crippen molar-refractivity contribution in [3.05, 3.63) is 72.1 Å². The summed E-state index contributed by atoms with van der Waals surface area (Å²) in [5.74, 6) is 0.715. The molecule has 148 valence electrons. The van der Waals surface area contributed by atoms with E-state index >= 15 is 0 Å². The second kappa shape index (κ2) is 8.86. The van der Waals surface area contributed by atoms with Gasteiger partial charge in [-0.2, -0.15) is 0 Å². The Bertz CT molecular complexity index is 995. The van der Waals surface area contributed by atoms with Crippen LogP contribution in [0.15, 0.2) is 60.9 Å². The molecule has 5 heteroatoms. The second-order valence-corrected chi connectivity index (χ2v) is 7.62. The van der Waals surface area contributed by atoms with E-state index in [4.69, 9.17) is 0 Å². The van der Waals surface area contributed by atoms with E-state index in [9.17, 15) is 4.79 Å². The number of benzene rings is 2. The van der Waals surface area contributed by atoms with Crippen LogP contribution in [0.5, 0.6) is 0 Å². The Balaban J connectivity index is 1.51. The van der Waals surface area contributed by atoms with Crippen molar-refractivity contribution in [2.24, 2.45) is 0 Å². The molecule has 0 aliphatic heterocycles. The van der Waals surface area contributed by atoms with Gasteiger partial charge in [0.2, 0.25) is 0 Å². The number of carbonyl (C=O) groups is 1. The lowest BCUT2D eigenvalue weighted by Gasteiger charge is -2.23. The van der Waals surface area contributed by atoms with Crippen LogP contribution in [-0.2, 0) is 0 Å². The van der Waals surface area contributed by atoms with Crippen LogP contribution in [-0.4, -0.2) is 21.9 Å². The number of nitrogens with zero attached hydrogens (tertiary/aromatic N) is 2. The Morgan fingerprint density at radius 3 is 2.62 bits per heavy atom. The molecule has 2 N–H and O–H groups in total. The maximum absolute atomic E-state index is 12.7. The van der Waals surface area contributed by atoms with E-state index in [0.717, 1.165) is 28.3 Å². The summed E-state index contributed by atoms with van der Waals surface area (Å²) < 4.78 is 0. The molecule has 2 aromatic carbocycles. The lowest BCUT2D eigenvalue weighted by molar-refractivity contribution is 0.102. The fourth-order valence-electron chi connectivity index (χ4n) is 3.78. The zero-order valence-corrected chi connectivity index (χ0v) is 16.7. The minimum absolute atomic E-state index is 0.129. The molecule has 0 spiro atoms. The number of nitrogens with one attached hydrogen (secondary N) is 2. The fraction of sp³-hybridized carbons (Fsp3) is 0.292. The van der Waals surface area contributed by atoms with Gasteiger partial charge in [-0.05, 0) is 43.5 Å². The minimum Gasteiger partial charge on any atom is -0.367 e. The molecular formula is C24H26N4O. The van der Waals surface area contributed by atoms with Gasteiger partial charge in [-0.1, -0.05) is 49.6 Å². The van der Waals surface area contributed by atoms with Crippen molar-refractivity contribution in [2.75, 3.05) is 10.6 Å².